The molecule has 1 heterocycles. The van der Waals surface area contributed by atoms with Crippen LogP contribution in [-0.4, -0.2) is 180 Å². The van der Waals surface area contributed by atoms with Gasteiger partial charge in [0.2, 0.25) is 59.1 Å². The lowest BCUT2D eigenvalue weighted by molar-refractivity contribution is -0.157. The van der Waals surface area contributed by atoms with Gasteiger partial charge in [-0.3, -0.25) is 57.9 Å². The van der Waals surface area contributed by atoms with Crippen molar-refractivity contribution < 1.29 is 67.7 Å². The van der Waals surface area contributed by atoms with Crippen LogP contribution in [-0.2, 0) is 63.9 Å². The van der Waals surface area contributed by atoms with Crippen LogP contribution in [0.1, 0.15) is 165 Å². The fourth-order valence-corrected chi connectivity index (χ4v) is 11.2. The largest absolute Gasteiger partial charge is 0.458 e. The van der Waals surface area contributed by atoms with Crippen LogP contribution in [0.25, 0.3) is 0 Å². The fraction of sp³-hybridized carbons (Fsp3) is 0.708. The maximum atomic E-state index is 14.6. The van der Waals surface area contributed by atoms with Gasteiger partial charge in [-0.05, 0) is 93.4 Å². The second kappa shape index (κ2) is 41.6. The van der Waals surface area contributed by atoms with Crippen LogP contribution in [0.4, 0.5) is 0 Å². The maximum absolute atomic E-state index is 14.6. The van der Waals surface area contributed by atoms with Crippen molar-refractivity contribution in [3.8, 4) is 0 Å². The number of nitrogens with one attached hydrogen (secondary N) is 10. The van der Waals surface area contributed by atoms with Crippen LogP contribution in [0.15, 0.2) is 40.3 Å². The number of cyclic esters (lactones) is 1. The summed E-state index contributed by atoms with van der Waals surface area (Å²) in [6, 6.07) is -4.92. The number of nitrogens with two attached hydrogens (primary N) is 4. The molecule has 3 rings (SSSR count). The number of benzene rings is 1. The SMILES string of the molecule is CC[C@H](Cc1ccccc1)C(=O)N[C@H](C(=O)N[C@@H](CO)C(=O)N[C@H](CCCN=C(N)N)C(=O)N[C@@H](C(=O)N[C@H](C(=O)N[C@@H](CO)C(=O)N[C@H]1C(=O)N[C@@H](CCCN=C(N)N)C(=O)N[C@@H](C2CCCCC2)C(=O)N[C@@H]([C@@H](C)CC)C(=O)O[C@H]1C)[C@@H](C)CC)[C@H](C)CC)[C@@H](C)CC. The van der Waals surface area contributed by atoms with E-state index in [0.717, 1.165) is 24.8 Å². The normalized spacial score (nSPS) is 21.5. The van der Waals surface area contributed by atoms with Gasteiger partial charge in [0.25, 0.3) is 0 Å². The van der Waals surface area contributed by atoms with Gasteiger partial charge in [-0.2, -0.15) is 0 Å². The standard InChI is InChI=1S/C65H110N16O14/c1-11-35(6)47(76-53(84)41(15-5)32-40-24-18-16-19-25-40)58(89)74-45(33-82)56(87)72-43(28-22-30-70-64(66)67)54(85)77-49(37(8)13-3)60(91)78-48(36(7)12-2)59(90)75-46(34-83)57(88)80-51-39(10)95-63(94)50(38(9)14-4)79-62(93)52(42-26-20-17-21-27-42)81-55(86)44(73-61(51)92)29-23-31-71-65(68)69/h16,18-19,24-25,35-39,41-52,82-83H,11-15,17,20-23,26-34H2,1-10H3,(H,72,87)(H,73,92)(H,74,89)(H,75,90)(H,76,84)(H,77,85)(H,78,91)(H,79,93)(H,80,88)(H,81,86)(H4,66,67,70)(H4,68,69,71)/t35-,36-,37+,38-,39-,41+,43+,44-,45-,46-,47-,48-,49+,50-,51+,52-/m0/s1. The number of amides is 10. The summed E-state index contributed by atoms with van der Waals surface area (Å²) in [7, 11) is 0. The summed E-state index contributed by atoms with van der Waals surface area (Å²) >= 11 is 0. The van der Waals surface area contributed by atoms with E-state index in [2.05, 4.69) is 63.2 Å². The van der Waals surface area contributed by atoms with E-state index < -0.39 is 168 Å². The van der Waals surface area contributed by atoms with Gasteiger partial charge in [-0.25, -0.2) is 4.79 Å². The third-order valence-electron chi connectivity index (χ3n) is 18.2. The lowest BCUT2D eigenvalue weighted by atomic mass is 9.83. The number of nitrogens with zero attached hydrogens (tertiary/aromatic N) is 2. The molecule has 0 unspecified atom stereocenters. The highest BCUT2D eigenvalue weighted by Gasteiger charge is 2.43. The van der Waals surface area contributed by atoms with Gasteiger partial charge in [-0.1, -0.05) is 138 Å². The third-order valence-corrected chi connectivity index (χ3v) is 18.2. The summed E-state index contributed by atoms with van der Waals surface area (Å²) in [5.74, 6) is -12.7. The summed E-state index contributed by atoms with van der Waals surface area (Å²) in [4.78, 5) is 165. The van der Waals surface area contributed by atoms with Gasteiger partial charge < -0.3 is 91.1 Å². The fourth-order valence-electron chi connectivity index (χ4n) is 11.2. The number of esters is 1. The molecule has 0 aromatic heterocycles. The average molecular weight is 1340 g/mol. The zero-order chi connectivity index (χ0) is 71.1. The molecule has 95 heavy (non-hydrogen) atoms. The maximum Gasteiger partial charge on any atom is 0.329 e. The number of carbonyl (C=O) groups is 11. The van der Waals surface area contributed by atoms with Gasteiger partial charge in [0.05, 0.1) is 13.2 Å². The summed E-state index contributed by atoms with van der Waals surface area (Å²) in [6.45, 7) is 15.1. The summed E-state index contributed by atoms with van der Waals surface area (Å²) in [5, 5.41) is 47.9. The molecular weight excluding hydrogens is 1230 g/mol. The predicted octanol–water partition coefficient (Wildman–Crippen LogP) is -1.09. The minimum Gasteiger partial charge on any atom is -0.458 e. The quantitative estimate of drug-likeness (QED) is 0.0164. The number of hydrogen-bond acceptors (Lipinski definition) is 16. The smallest absolute Gasteiger partial charge is 0.329 e. The Kier molecular flexibility index (Phi) is 35.5. The van der Waals surface area contributed by atoms with Crippen molar-refractivity contribution in [1.29, 1.82) is 0 Å². The van der Waals surface area contributed by atoms with Crippen LogP contribution in [0.5, 0.6) is 0 Å². The molecule has 0 spiro atoms. The van der Waals surface area contributed by atoms with Crippen molar-refractivity contribution in [3.63, 3.8) is 0 Å². The zero-order valence-electron chi connectivity index (χ0n) is 57.1. The molecule has 16 atom stereocenters. The first-order chi connectivity index (χ1) is 45.1. The van der Waals surface area contributed by atoms with Gasteiger partial charge >= 0.3 is 5.97 Å². The first-order valence-corrected chi connectivity index (χ1v) is 33.7. The van der Waals surface area contributed by atoms with Gasteiger partial charge in [0, 0.05) is 19.0 Å². The van der Waals surface area contributed by atoms with Crippen molar-refractivity contribution >= 4 is 77.0 Å². The van der Waals surface area contributed by atoms with Crippen molar-refractivity contribution in [3.05, 3.63) is 35.9 Å². The van der Waals surface area contributed by atoms with Crippen molar-refractivity contribution in [2.24, 2.45) is 68.4 Å². The molecule has 30 nitrogen and oxygen atoms in total. The van der Waals surface area contributed by atoms with Gasteiger partial charge in [0.1, 0.15) is 66.5 Å². The molecule has 2 fully saturated rings. The predicted molar refractivity (Wildman–Crippen MR) is 357 cm³/mol. The summed E-state index contributed by atoms with van der Waals surface area (Å²) in [5.41, 5.74) is 23.2. The Bertz CT molecular complexity index is 2750. The van der Waals surface area contributed by atoms with E-state index in [1.165, 1.54) is 6.92 Å². The van der Waals surface area contributed by atoms with E-state index in [-0.39, 0.29) is 68.9 Å². The first kappa shape index (κ1) is 81.1. The number of aliphatic hydroxyl groups excluding tert-OH is 2. The summed E-state index contributed by atoms with van der Waals surface area (Å²) < 4.78 is 5.87. The van der Waals surface area contributed by atoms with Crippen LogP contribution in [0.2, 0.25) is 0 Å². The molecule has 1 aromatic carbocycles. The zero-order valence-corrected chi connectivity index (χ0v) is 57.1. The molecule has 1 saturated heterocycles. The highest BCUT2D eigenvalue weighted by molar-refractivity contribution is 5.99. The number of aliphatic hydroxyl groups is 2. The molecule has 534 valence electrons. The van der Waals surface area contributed by atoms with Crippen LogP contribution in [0, 0.1) is 35.5 Å². The van der Waals surface area contributed by atoms with Crippen LogP contribution >= 0.6 is 0 Å². The molecule has 1 aliphatic heterocycles. The summed E-state index contributed by atoms with van der Waals surface area (Å²) in [6.07, 6.45) is 4.67. The minimum atomic E-state index is -1.83. The minimum absolute atomic E-state index is 0.0119. The number of carbonyl (C=O) groups excluding carboxylic acids is 11. The molecule has 1 saturated carbocycles. The second-order valence-electron chi connectivity index (χ2n) is 25.3. The van der Waals surface area contributed by atoms with Crippen LogP contribution in [0.3, 0.4) is 0 Å². The van der Waals surface area contributed by atoms with E-state index >= 15 is 0 Å². The third kappa shape index (κ3) is 26.2. The second-order valence-corrected chi connectivity index (χ2v) is 25.3. The van der Waals surface area contributed by atoms with Gasteiger partial charge in [-0.15, -0.1) is 0 Å². The topological polar surface area (TPSA) is 487 Å². The number of rotatable bonds is 36. The molecule has 20 N–H and O–H groups in total. The molecule has 1 aromatic rings. The van der Waals surface area contributed by atoms with E-state index in [9.17, 15) is 63.0 Å². The van der Waals surface area contributed by atoms with Crippen molar-refractivity contribution in [2.45, 2.75) is 232 Å². The van der Waals surface area contributed by atoms with Crippen molar-refractivity contribution in [2.75, 3.05) is 26.3 Å². The monoisotopic (exact) mass is 1340 g/mol. The highest BCUT2D eigenvalue weighted by Crippen LogP contribution is 2.28. The van der Waals surface area contributed by atoms with Crippen LogP contribution < -0.4 is 76.1 Å². The molecular formula is C65H110N16O14. The van der Waals surface area contributed by atoms with Gasteiger partial charge in [0.15, 0.2) is 11.9 Å². The number of guanidine groups is 2. The highest BCUT2D eigenvalue weighted by atomic mass is 16.5. The Hall–Kier alpha value is -8.15. The molecule has 0 radical (unpaired) electrons. The Morgan fingerprint density at radius 3 is 1.56 bits per heavy atom. The Morgan fingerprint density at radius 2 is 1.05 bits per heavy atom. The first-order valence-electron chi connectivity index (χ1n) is 33.7. The molecule has 30 heteroatoms. The van der Waals surface area contributed by atoms with E-state index in [1.54, 1.807) is 48.5 Å². The Balaban J connectivity index is 1.94. The molecule has 1 aliphatic carbocycles. The number of hydrogen-bond donors (Lipinski definition) is 16. The number of ether oxygens (including phenoxy) is 1. The van der Waals surface area contributed by atoms with E-state index in [4.69, 9.17) is 27.7 Å². The van der Waals surface area contributed by atoms with Crippen molar-refractivity contribution in [1.82, 2.24) is 53.2 Å². The lowest BCUT2D eigenvalue weighted by Crippen LogP contribution is -2.63. The molecule has 10 amide bonds. The number of aliphatic imine (C=N–C) groups is 2. The van der Waals surface area contributed by atoms with E-state index in [0.29, 0.717) is 44.9 Å². The van der Waals surface area contributed by atoms with E-state index in [1.807, 2.05) is 44.2 Å². The lowest BCUT2D eigenvalue weighted by Gasteiger charge is -2.33. The Morgan fingerprint density at radius 1 is 0.568 bits per heavy atom. The molecule has 2 aliphatic rings. The Labute approximate surface area is 558 Å². The average Bonchev–Trinajstić information content (AvgIpc) is 1.89. The molecule has 0 bridgehead atoms.